The summed E-state index contributed by atoms with van der Waals surface area (Å²) in [5, 5.41) is 2.23. The number of esters is 1. The van der Waals surface area contributed by atoms with Crippen LogP contribution in [0, 0.1) is 0 Å². The van der Waals surface area contributed by atoms with Crippen LogP contribution in [-0.2, 0) is 19.7 Å². The number of methoxy groups -OCH3 is 1. The van der Waals surface area contributed by atoms with Gasteiger partial charge in [0.2, 0.25) is 0 Å². The molecule has 22 heavy (non-hydrogen) atoms. The number of rotatable bonds is 3. The molecule has 0 heterocycles. The lowest BCUT2D eigenvalue weighted by atomic mass is 10.2. The van der Waals surface area contributed by atoms with E-state index in [2.05, 4.69) is 10.1 Å². The first-order valence-corrected chi connectivity index (χ1v) is 7.49. The number of anilines is 1. The lowest BCUT2D eigenvalue weighted by Crippen LogP contribution is -2.27. The highest BCUT2D eigenvalue weighted by Gasteiger charge is 2.20. The topological polar surface area (TPSA) is 98.8 Å². The number of amides is 1. The Bertz CT molecular complexity index is 693. The Hall–Kier alpha value is -2.16. The van der Waals surface area contributed by atoms with Gasteiger partial charge in [-0.2, -0.15) is 8.42 Å². The minimum atomic E-state index is -5.06. The van der Waals surface area contributed by atoms with E-state index in [1.807, 2.05) is 0 Å². The van der Waals surface area contributed by atoms with E-state index in [0.29, 0.717) is 0 Å². The van der Waals surface area contributed by atoms with Crippen molar-refractivity contribution in [3.05, 3.63) is 23.8 Å². The van der Waals surface area contributed by atoms with E-state index in [4.69, 9.17) is 4.74 Å². The number of halogens is 1. The second-order valence-corrected chi connectivity index (χ2v) is 6.65. The summed E-state index contributed by atoms with van der Waals surface area (Å²) in [5.74, 6) is -0.877. The van der Waals surface area contributed by atoms with Gasteiger partial charge < -0.3 is 9.47 Å². The Kier molecular flexibility index (Phi) is 5.13. The minimum absolute atomic E-state index is 0.117. The average molecular weight is 333 g/mol. The maximum absolute atomic E-state index is 13.1. The van der Waals surface area contributed by atoms with Crippen molar-refractivity contribution < 1.29 is 31.4 Å². The van der Waals surface area contributed by atoms with Crippen molar-refractivity contribution in [2.75, 3.05) is 12.4 Å². The third-order valence-electron chi connectivity index (χ3n) is 2.25. The molecule has 0 saturated carbocycles. The summed E-state index contributed by atoms with van der Waals surface area (Å²) < 4.78 is 44.6. The highest BCUT2D eigenvalue weighted by Crippen LogP contribution is 2.22. The predicted octanol–water partition coefficient (Wildman–Crippen LogP) is 2.48. The van der Waals surface area contributed by atoms with Gasteiger partial charge in [-0.05, 0) is 39.0 Å². The number of hydrogen-bond donors (Lipinski definition) is 1. The van der Waals surface area contributed by atoms with Crippen LogP contribution >= 0.6 is 0 Å². The van der Waals surface area contributed by atoms with E-state index in [1.165, 1.54) is 0 Å². The number of hydrogen-bond acceptors (Lipinski definition) is 6. The minimum Gasteiger partial charge on any atom is -0.465 e. The van der Waals surface area contributed by atoms with Crippen LogP contribution in [0.1, 0.15) is 31.1 Å². The predicted molar refractivity (Wildman–Crippen MR) is 75.9 cm³/mol. The molecule has 0 aliphatic rings. The molecule has 0 radical (unpaired) electrons. The van der Waals surface area contributed by atoms with Gasteiger partial charge in [-0.3, -0.25) is 5.32 Å². The zero-order valence-corrected chi connectivity index (χ0v) is 13.3. The van der Waals surface area contributed by atoms with Gasteiger partial charge in [0.1, 0.15) is 10.5 Å². The number of benzene rings is 1. The van der Waals surface area contributed by atoms with Crippen LogP contribution in [0.15, 0.2) is 23.1 Å². The van der Waals surface area contributed by atoms with E-state index in [-0.39, 0.29) is 11.3 Å². The molecule has 1 amide bonds. The van der Waals surface area contributed by atoms with E-state index < -0.39 is 32.8 Å². The fourth-order valence-corrected chi connectivity index (χ4v) is 2.00. The lowest BCUT2D eigenvalue weighted by Gasteiger charge is -2.19. The van der Waals surface area contributed by atoms with E-state index in [0.717, 1.165) is 25.3 Å². The molecule has 0 spiro atoms. The third-order valence-corrected chi connectivity index (χ3v) is 3.05. The molecule has 0 aromatic heterocycles. The molecule has 9 heteroatoms. The number of carbonyl (C=O) groups is 2. The first-order chi connectivity index (χ1) is 9.92. The average Bonchev–Trinajstić information content (AvgIpc) is 2.33. The van der Waals surface area contributed by atoms with Gasteiger partial charge in [-0.25, -0.2) is 9.59 Å². The molecule has 122 valence electrons. The molecule has 0 saturated heterocycles. The maximum atomic E-state index is 13.1. The lowest BCUT2D eigenvalue weighted by molar-refractivity contribution is 0.0596. The Morgan fingerprint density at radius 2 is 1.77 bits per heavy atom. The van der Waals surface area contributed by atoms with E-state index in [1.54, 1.807) is 20.8 Å². The molecule has 0 fully saturated rings. The van der Waals surface area contributed by atoms with E-state index >= 15 is 0 Å². The fraction of sp³-hybridized carbons (Fsp3) is 0.385. The van der Waals surface area contributed by atoms with Gasteiger partial charge in [-0.1, -0.05) is 0 Å². The van der Waals surface area contributed by atoms with Crippen LogP contribution in [0.4, 0.5) is 14.4 Å². The SMILES string of the molecule is COC(=O)c1cc(NC(=O)OC(C)(C)C)cc(S(=O)(=O)F)c1. The highest BCUT2D eigenvalue weighted by molar-refractivity contribution is 7.86. The summed E-state index contributed by atoms with van der Waals surface area (Å²) in [5.41, 5.74) is -1.13. The van der Waals surface area contributed by atoms with Crippen LogP contribution in [0.5, 0.6) is 0 Å². The molecule has 7 nitrogen and oxygen atoms in total. The Morgan fingerprint density at radius 1 is 1.18 bits per heavy atom. The van der Waals surface area contributed by atoms with Crippen molar-refractivity contribution in [2.45, 2.75) is 31.3 Å². The molecular weight excluding hydrogens is 317 g/mol. The molecule has 1 N–H and O–H groups in total. The summed E-state index contributed by atoms with van der Waals surface area (Å²) in [6.07, 6.45) is -0.878. The molecule has 0 atom stereocenters. The highest BCUT2D eigenvalue weighted by atomic mass is 32.3. The van der Waals surface area contributed by atoms with Crippen LogP contribution in [0.3, 0.4) is 0 Å². The largest absolute Gasteiger partial charge is 0.465 e. The zero-order chi connectivity index (χ0) is 17.1. The Labute approximate surface area is 127 Å². The summed E-state index contributed by atoms with van der Waals surface area (Å²) in [4.78, 5) is 22.3. The summed E-state index contributed by atoms with van der Waals surface area (Å²) in [6, 6.07) is 2.82. The van der Waals surface area contributed by atoms with Gasteiger partial charge in [0, 0.05) is 5.69 Å². The number of carbonyl (C=O) groups excluding carboxylic acids is 2. The van der Waals surface area contributed by atoms with Crippen molar-refractivity contribution in [1.82, 2.24) is 0 Å². The summed E-state index contributed by atoms with van der Waals surface area (Å²) in [6.45, 7) is 4.90. The first kappa shape index (κ1) is 17.9. The van der Waals surface area contributed by atoms with Crippen LogP contribution in [-0.4, -0.2) is 33.2 Å². The van der Waals surface area contributed by atoms with Gasteiger partial charge in [-0.15, -0.1) is 3.89 Å². The summed E-state index contributed by atoms with van der Waals surface area (Å²) in [7, 11) is -3.98. The van der Waals surface area contributed by atoms with Crippen molar-refractivity contribution in [3.63, 3.8) is 0 Å². The van der Waals surface area contributed by atoms with Crippen molar-refractivity contribution in [2.24, 2.45) is 0 Å². The quantitative estimate of drug-likeness (QED) is 0.674. The van der Waals surface area contributed by atoms with Crippen LogP contribution in [0.2, 0.25) is 0 Å². The molecule has 0 aliphatic carbocycles. The fourth-order valence-electron chi connectivity index (χ4n) is 1.47. The number of ether oxygens (including phenoxy) is 2. The molecule has 1 aromatic carbocycles. The standard InChI is InChI=1S/C13H16FNO6S/c1-13(2,3)21-12(17)15-9-5-8(11(16)20-4)6-10(7-9)22(14,18)19/h5-7H,1-4H3,(H,15,17). The molecule has 1 rings (SSSR count). The molecule has 1 aromatic rings. The molecule has 0 bridgehead atoms. The second-order valence-electron chi connectivity index (χ2n) is 5.30. The Morgan fingerprint density at radius 3 is 2.23 bits per heavy atom. The molecule has 0 aliphatic heterocycles. The van der Waals surface area contributed by atoms with Crippen molar-refractivity contribution in [1.29, 1.82) is 0 Å². The van der Waals surface area contributed by atoms with Gasteiger partial charge in [0.15, 0.2) is 0 Å². The third kappa shape index (κ3) is 5.32. The van der Waals surface area contributed by atoms with E-state index in [9.17, 15) is 21.9 Å². The van der Waals surface area contributed by atoms with Crippen molar-refractivity contribution in [3.8, 4) is 0 Å². The zero-order valence-electron chi connectivity index (χ0n) is 12.5. The number of nitrogens with one attached hydrogen (secondary N) is 1. The van der Waals surface area contributed by atoms with Crippen LogP contribution < -0.4 is 5.32 Å². The first-order valence-electron chi connectivity index (χ1n) is 6.10. The van der Waals surface area contributed by atoms with Gasteiger partial charge in [0.25, 0.3) is 0 Å². The molecular formula is C13H16FNO6S. The summed E-state index contributed by atoms with van der Waals surface area (Å²) >= 11 is 0. The monoisotopic (exact) mass is 333 g/mol. The van der Waals surface area contributed by atoms with Gasteiger partial charge >= 0.3 is 22.3 Å². The second kappa shape index (κ2) is 6.30. The van der Waals surface area contributed by atoms with Crippen molar-refractivity contribution >= 4 is 28.0 Å². The van der Waals surface area contributed by atoms with Gasteiger partial charge in [0.05, 0.1) is 12.7 Å². The maximum Gasteiger partial charge on any atom is 0.412 e. The van der Waals surface area contributed by atoms with Crippen LogP contribution in [0.25, 0.3) is 0 Å². The molecule has 0 unspecified atom stereocenters. The smallest absolute Gasteiger partial charge is 0.412 e. The normalized spacial score (nSPS) is 11.7. The Balaban J connectivity index is 3.19.